The van der Waals surface area contributed by atoms with E-state index in [4.69, 9.17) is 0 Å². The number of halogens is 1. The minimum Gasteiger partial charge on any atom is -0.480 e. The van der Waals surface area contributed by atoms with Crippen molar-refractivity contribution in [3.8, 4) is 0 Å². The lowest BCUT2D eigenvalue weighted by molar-refractivity contribution is -0.139. The molecule has 0 spiro atoms. The first kappa shape index (κ1) is 16.9. The van der Waals surface area contributed by atoms with Gasteiger partial charge in [-0.25, -0.2) is 9.18 Å². The highest BCUT2D eigenvalue weighted by Crippen LogP contribution is 2.18. The lowest BCUT2D eigenvalue weighted by atomic mass is 10.0. The molecule has 122 valence electrons. The van der Waals surface area contributed by atoms with Crippen LogP contribution in [0.15, 0.2) is 24.3 Å². The monoisotopic (exact) mass is 318 g/mol. The van der Waals surface area contributed by atoms with Gasteiger partial charge in [0.1, 0.15) is 11.9 Å². The van der Waals surface area contributed by atoms with Crippen LogP contribution in [0.2, 0.25) is 0 Å². The maximum absolute atomic E-state index is 13.2. The molecule has 5 nitrogen and oxygen atoms in total. The van der Waals surface area contributed by atoms with E-state index in [1.165, 1.54) is 18.2 Å². The molecule has 1 atom stereocenters. The van der Waals surface area contributed by atoms with Crippen molar-refractivity contribution in [1.82, 2.24) is 10.3 Å². The van der Waals surface area contributed by atoms with E-state index in [9.17, 15) is 19.1 Å². The summed E-state index contributed by atoms with van der Waals surface area (Å²) in [4.78, 5) is 27.9. The van der Waals surface area contributed by atoms with Gasteiger partial charge in [0.2, 0.25) is 0 Å². The highest BCUT2D eigenvalue weighted by molar-refractivity contribution is 6.00. The van der Waals surface area contributed by atoms with E-state index in [0.29, 0.717) is 28.6 Å². The molecule has 0 fully saturated rings. The Labute approximate surface area is 133 Å². The van der Waals surface area contributed by atoms with Crippen LogP contribution in [-0.4, -0.2) is 28.0 Å². The number of hydrogen-bond donors (Lipinski definition) is 2. The molecular formula is C17H19FN2O3. The summed E-state index contributed by atoms with van der Waals surface area (Å²) in [6.07, 6.45) is 0.340. The molecule has 0 saturated carbocycles. The van der Waals surface area contributed by atoms with Crippen molar-refractivity contribution >= 4 is 22.8 Å². The van der Waals surface area contributed by atoms with Crippen molar-refractivity contribution in [1.29, 1.82) is 0 Å². The second kappa shape index (κ2) is 6.73. The number of amides is 1. The number of carbonyl (C=O) groups excluding carboxylic acids is 1. The van der Waals surface area contributed by atoms with Crippen molar-refractivity contribution in [3.63, 3.8) is 0 Å². The van der Waals surface area contributed by atoms with Crippen molar-refractivity contribution in [2.24, 2.45) is 5.92 Å². The zero-order valence-electron chi connectivity index (χ0n) is 13.3. The van der Waals surface area contributed by atoms with Crippen LogP contribution in [0.25, 0.3) is 10.9 Å². The Balaban J connectivity index is 2.31. The van der Waals surface area contributed by atoms with Crippen LogP contribution in [0.1, 0.15) is 36.3 Å². The smallest absolute Gasteiger partial charge is 0.326 e. The first-order valence-corrected chi connectivity index (χ1v) is 7.38. The van der Waals surface area contributed by atoms with Gasteiger partial charge in [-0.2, -0.15) is 0 Å². The molecule has 6 heteroatoms. The van der Waals surface area contributed by atoms with Gasteiger partial charge in [-0.1, -0.05) is 13.8 Å². The van der Waals surface area contributed by atoms with Crippen LogP contribution in [0, 0.1) is 18.7 Å². The zero-order chi connectivity index (χ0) is 17.1. The van der Waals surface area contributed by atoms with Crippen molar-refractivity contribution in [3.05, 3.63) is 41.3 Å². The summed E-state index contributed by atoms with van der Waals surface area (Å²) < 4.78 is 13.2. The number of rotatable bonds is 5. The lowest BCUT2D eigenvalue weighted by Gasteiger charge is -2.17. The summed E-state index contributed by atoms with van der Waals surface area (Å²) in [5.41, 5.74) is 1.17. The van der Waals surface area contributed by atoms with Gasteiger partial charge in [-0.15, -0.1) is 0 Å². The molecule has 0 aliphatic rings. The third kappa shape index (κ3) is 4.03. The lowest BCUT2D eigenvalue weighted by Crippen LogP contribution is -2.41. The average molecular weight is 318 g/mol. The standard InChI is InChI=1S/C17H19FN2O3/c1-9(2)6-15(17(22)23)20-16(21)13-7-11-4-5-12(18)8-14(11)19-10(13)3/h4-5,7-9,15H,6H2,1-3H3,(H,20,21)(H,22,23)/t15-/m1/s1. The second-order valence-corrected chi connectivity index (χ2v) is 5.95. The maximum Gasteiger partial charge on any atom is 0.326 e. The fourth-order valence-corrected chi connectivity index (χ4v) is 2.40. The second-order valence-electron chi connectivity index (χ2n) is 5.95. The number of aromatic nitrogens is 1. The van der Waals surface area contributed by atoms with Gasteiger partial charge in [0.05, 0.1) is 16.8 Å². The predicted molar refractivity (Wildman–Crippen MR) is 84.8 cm³/mol. The zero-order valence-corrected chi connectivity index (χ0v) is 13.3. The van der Waals surface area contributed by atoms with E-state index in [2.05, 4.69) is 10.3 Å². The third-order valence-electron chi connectivity index (χ3n) is 3.53. The first-order chi connectivity index (χ1) is 10.8. The number of carbonyl (C=O) groups is 2. The van der Waals surface area contributed by atoms with E-state index in [0.717, 1.165) is 0 Å². The molecule has 0 aliphatic carbocycles. The minimum atomic E-state index is -1.07. The van der Waals surface area contributed by atoms with Crippen molar-refractivity contribution in [2.75, 3.05) is 0 Å². The van der Waals surface area contributed by atoms with Gasteiger partial charge in [0.25, 0.3) is 5.91 Å². The molecule has 1 aromatic heterocycles. The topological polar surface area (TPSA) is 79.3 Å². The fourth-order valence-electron chi connectivity index (χ4n) is 2.40. The van der Waals surface area contributed by atoms with Crippen molar-refractivity contribution < 1.29 is 19.1 Å². The maximum atomic E-state index is 13.2. The van der Waals surface area contributed by atoms with Crippen LogP contribution >= 0.6 is 0 Å². The molecule has 1 amide bonds. The number of hydrogen-bond acceptors (Lipinski definition) is 3. The molecule has 2 N–H and O–H groups in total. The van der Waals surface area contributed by atoms with Crippen LogP contribution in [-0.2, 0) is 4.79 Å². The summed E-state index contributed by atoms with van der Waals surface area (Å²) in [7, 11) is 0. The molecular weight excluding hydrogens is 299 g/mol. The molecule has 0 bridgehead atoms. The van der Waals surface area contributed by atoms with Crippen LogP contribution in [0.5, 0.6) is 0 Å². The first-order valence-electron chi connectivity index (χ1n) is 7.38. The summed E-state index contributed by atoms with van der Waals surface area (Å²) in [6.45, 7) is 5.41. The molecule has 1 heterocycles. The quantitative estimate of drug-likeness (QED) is 0.888. The minimum absolute atomic E-state index is 0.134. The van der Waals surface area contributed by atoms with E-state index >= 15 is 0 Å². The van der Waals surface area contributed by atoms with Crippen LogP contribution in [0.4, 0.5) is 4.39 Å². The summed E-state index contributed by atoms with van der Waals surface area (Å²) in [6, 6.07) is 4.77. The molecule has 0 aliphatic heterocycles. The summed E-state index contributed by atoms with van der Waals surface area (Å²) in [5, 5.41) is 12.4. The fraction of sp³-hybridized carbons (Fsp3) is 0.353. The van der Waals surface area contributed by atoms with Gasteiger partial charge in [-0.3, -0.25) is 9.78 Å². The highest BCUT2D eigenvalue weighted by atomic mass is 19.1. The Bertz CT molecular complexity index is 759. The average Bonchev–Trinajstić information content (AvgIpc) is 2.44. The largest absolute Gasteiger partial charge is 0.480 e. The summed E-state index contributed by atoms with van der Waals surface area (Å²) >= 11 is 0. The van der Waals surface area contributed by atoms with E-state index in [-0.39, 0.29) is 5.92 Å². The molecule has 0 unspecified atom stereocenters. The van der Waals surface area contributed by atoms with Gasteiger partial charge in [0, 0.05) is 11.5 Å². The number of benzene rings is 1. The highest BCUT2D eigenvalue weighted by Gasteiger charge is 2.23. The molecule has 2 rings (SSSR count). The van der Waals surface area contributed by atoms with Gasteiger partial charge in [0.15, 0.2) is 0 Å². The Morgan fingerprint density at radius 3 is 2.61 bits per heavy atom. The number of nitrogens with one attached hydrogen (secondary N) is 1. The van der Waals surface area contributed by atoms with Gasteiger partial charge >= 0.3 is 5.97 Å². The summed E-state index contributed by atoms with van der Waals surface area (Å²) in [5.74, 6) is -1.82. The van der Waals surface area contributed by atoms with Crippen molar-refractivity contribution in [2.45, 2.75) is 33.2 Å². The molecule has 2 aromatic rings. The van der Waals surface area contributed by atoms with E-state index in [1.54, 1.807) is 13.0 Å². The Kier molecular flexibility index (Phi) is 4.93. The molecule has 0 radical (unpaired) electrons. The SMILES string of the molecule is Cc1nc2cc(F)ccc2cc1C(=O)N[C@H](CC(C)C)C(=O)O. The van der Waals surface area contributed by atoms with Gasteiger partial charge < -0.3 is 10.4 Å². The number of aliphatic carboxylic acids is 1. The van der Waals surface area contributed by atoms with Crippen LogP contribution in [0.3, 0.4) is 0 Å². The Morgan fingerprint density at radius 2 is 2.00 bits per heavy atom. The predicted octanol–water partition coefficient (Wildman–Crippen LogP) is 2.91. The molecule has 1 aromatic carbocycles. The Morgan fingerprint density at radius 1 is 1.30 bits per heavy atom. The number of nitrogens with zero attached hydrogens (tertiary/aromatic N) is 1. The van der Waals surface area contributed by atoms with E-state index < -0.39 is 23.7 Å². The number of pyridine rings is 1. The number of carboxylic acids is 1. The molecule has 23 heavy (non-hydrogen) atoms. The van der Waals surface area contributed by atoms with Crippen LogP contribution < -0.4 is 5.32 Å². The normalized spacial score (nSPS) is 12.4. The van der Waals surface area contributed by atoms with E-state index in [1.807, 2.05) is 13.8 Å². The number of fused-ring (bicyclic) bond motifs is 1. The third-order valence-corrected chi connectivity index (χ3v) is 3.53. The number of aryl methyl sites for hydroxylation is 1. The Hall–Kier alpha value is -2.50. The van der Waals surface area contributed by atoms with Gasteiger partial charge in [-0.05, 0) is 37.5 Å². The molecule has 0 saturated heterocycles. The number of carboxylic acid groups (broad SMARTS) is 1.